The zero-order chi connectivity index (χ0) is 17.2. The summed E-state index contributed by atoms with van der Waals surface area (Å²) >= 11 is 0. The largest absolute Gasteiger partial charge is 0.461 e. The highest BCUT2D eigenvalue weighted by Gasteiger charge is 2.18. The molecule has 2 N–H and O–H groups in total. The molecule has 0 aliphatic carbocycles. The van der Waals surface area contributed by atoms with Crippen molar-refractivity contribution >= 4 is 5.91 Å². The summed E-state index contributed by atoms with van der Waals surface area (Å²) in [6, 6.07) is 3.56. The number of nitrogens with zero attached hydrogens (tertiary/aromatic N) is 5. The van der Waals surface area contributed by atoms with E-state index in [-0.39, 0.29) is 17.3 Å². The minimum Gasteiger partial charge on any atom is -0.461 e. The average molecular weight is 329 g/mol. The number of carbonyl (C=O) groups excluding carboxylic acids is 1. The lowest BCUT2D eigenvalue weighted by Gasteiger charge is -2.17. The molecule has 24 heavy (non-hydrogen) atoms. The van der Waals surface area contributed by atoms with E-state index in [0.29, 0.717) is 30.4 Å². The van der Waals surface area contributed by atoms with Crippen LogP contribution in [0.5, 0.6) is 0 Å². The second-order valence-electron chi connectivity index (χ2n) is 6.27. The Morgan fingerprint density at radius 3 is 2.92 bits per heavy atom. The summed E-state index contributed by atoms with van der Waals surface area (Å²) in [4.78, 5) is 20.4. The highest BCUT2D eigenvalue weighted by molar-refractivity contribution is 5.90. The number of rotatable bonds is 5. The Labute approximate surface area is 138 Å². The van der Waals surface area contributed by atoms with Crippen LogP contribution in [-0.4, -0.2) is 42.4 Å². The van der Waals surface area contributed by atoms with Gasteiger partial charge in [-0.3, -0.25) is 9.89 Å². The molecule has 3 heterocycles. The van der Waals surface area contributed by atoms with Crippen LogP contribution < -0.4 is 5.32 Å². The lowest BCUT2D eigenvalue weighted by Crippen LogP contribution is -2.28. The van der Waals surface area contributed by atoms with E-state index in [0.717, 1.165) is 0 Å². The Kier molecular flexibility index (Phi) is 4.15. The number of H-pyrrole nitrogens is 1. The molecule has 0 spiro atoms. The van der Waals surface area contributed by atoms with Crippen LogP contribution in [0.25, 0.3) is 11.6 Å². The van der Waals surface area contributed by atoms with Gasteiger partial charge < -0.3 is 9.73 Å². The molecule has 0 unspecified atom stereocenters. The van der Waals surface area contributed by atoms with Crippen molar-refractivity contribution in [2.75, 3.05) is 6.54 Å². The van der Waals surface area contributed by atoms with E-state index in [1.54, 1.807) is 29.4 Å². The molecule has 0 saturated heterocycles. The Hall–Kier alpha value is -2.97. The summed E-state index contributed by atoms with van der Waals surface area (Å²) < 4.78 is 6.89. The molecule has 0 saturated carbocycles. The highest BCUT2D eigenvalue weighted by Crippen LogP contribution is 2.14. The summed E-state index contributed by atoms with van der Waals surface area (Å²) in [6.45, 7) is 6.37. The van der Waals surface area contributed by atoms with Crippen molar-refractivity contribution < 1.29 is 9.21 Å². The zero-order valence-corrected chi connectivity index (χ0v) is 13.8. The molecule has 3 rings (SSSR count). The number of hydrogen-bond donors (Lipinski definition) is 2. The van der Waals surface area contributed by atoms with Crippen molar-refractivity contribution in [3.05, 3.63) is 36.4 Å². The molecule has 0 aromatic carbocycles. The molecule has 1 amide bonds. The molecule has 9 heteroatoms. The highest BCUT2D eigenvalue weighted by atomic mass is 16.3. The van der Waals surface area contributed by atoms with Crippen LogP contribution in [0.1, 0.15) is 37.2 Å². The summed E-state index contributed by atoms with van der Waals surface area (Å²) in [6.07, 6.45) is 3.63. The van der Waals surface area contributed by atoms with Gasteiger partial charge in [-0.2, -0.15) is 5.10 Å². The topological polar surface area (TPSA) is 115 Å². The van der Waals surface area contributed by atoms with E-state index >= 15 is 0 Å². The normalized spacial score (nSPS) is 11.6. The maximum Gasteiger partial charge on any atom is 0.290 e. The molecule has 0 bridgehead atoms. The first-order valence-electron chi connectivity index (χ1n) is 7.59. The average Bonchev–Trinajstić information content (AvgIpc) is 3.26. The lowest BCUT2D eigenvalue weighted by molar-refractivity contribution is 0.0942. The number of amides is 1. The Morgan fingerprint density at radius 1 is 1.42 bits per heavy atom. The first-order chi connectivity index (χ1) is 11.4. The molecular weight excluding hydrogens is 310 g/mol. The first-order valence-corrected chi connectivity index (χ1v) is 7.59. The zero-order valence-electron chi connectivity index (χ0n) is 13.8. The Morgan fingerprint density at radius 2 is 2.25 bits per heavy atom. The van der Waals surface area contributed by atoms with Crippen LogP contribution in [0.2, 0.25) is 0 Å². The van der Waals surface area contributed by atoms with Crippen molar-refractivity contribution in [1.29, 1.82) is 0 Å². The SMILES string of the molecule is CC(C)(C)n1cnc(C(=O)NCCc2nc(-c3ccco3)n[nH]2)n1. The Balaban J connectivity index is 1.53. The third-order valence-corrected chi connectivity index (χ3v) is 3.30. The minimum absolute atomic E-state index is 0.152. The van der Waals surface area contributed by atoms with Gasteiger partial charge in [-0.25, -0.2) is 14.6 Å². The minimum atomic E-state index is -0.316. The predicted molar refractivity (Wildman–Crippen MR) is 85.1 cm³/mol. The summed E-state index contributed by atoms with van der Waals surface area (Å²) in [7, 11) is 0. The third kappa shape index (κ3) is 3.50. The second kappa shape index (κ2) is 6.26. The van der Waals surface area contributed by atoms with Gasteiger partial charge in [-0.1, -0.05) is 0 Å². The van der Waals surface area contributed by atoms with Crippen LogP contribution in [0, 0.1) is 0 Å². The standard InChI is InChI=1S/C15H19N7O2/c1-15(2,3)22-9-17-13(21-22)14(23)16-7-6-11-18-12(20-19-11)10-5-4-8-24-10/h4-5,8-9H,6-7H2,1-3H3,(H,16,23)(H,18,19,20). The van der Waals surface area contributed by atoms with Crippen molar-refractivity contribution in [3.63, 3.8) is 0 Å². The number of nitrogens with one attached hydrogen (secondary N) is 2. The van der Waals surface area contributed by atoms with Crippen molar-refractivity contribution in [2.24, 2.45) is 0 Å². The number of carbonyl (C=O) groups is 1. The fraction of sp³-hybridized carbons (Fsp3) is 0.400. The molecule has 9 nitrogen and oxygen atoms in total. The molecule has 0 radical (unpaired) electrons. The number of hydrogen-bond acceptors (Lipinski definition) is 6. The van der Waals surface area contributed by atoms with Gasteiger partial charge >= 0.3 is 0 Å². The summed E-state index contributed by atoms with van der Waals surface area (Å²) in [5, 5.41) is 13.9. The monoisotopic (exact) mass is 329 g/mol. The maximum absolute atomic E-state index is 12.1. The molecule has 0 fully saturated rings. The van der Waals surface area contributed by atoms with E-state index in [9.17, 15) is 4.79 Å². The number of furan rings is 1. The van der Waals surface area contributed by atoms with Gasteiger partial charge in [0.05, 0.1) is 11.8 Å². The van der Waals surface area contributed by atoms with Gasteiger partial charge in [-0.05, 0) is 32.9 Å². The van der Waals surface area contributed by atoms with E-state index < -0.39 is 0 Å². The first kappa shape index (κ1) is 15.9. The molecule has 126 valence electrons. The van der Waals surface area contributed by atoms with Gasteiger partial charge in [-0.15, -0.1) is 5.10 Å². The van der Waals surface area contributed by atoms with Gasteiger partial charge in [0.25, 0.3) is 5.91 Å². The van der Waals surface area contributed by atoms with Gasteiger partial charge in [0, 0.05) is 13.0 Å². The maximum atomic E-state index is 12.1. The number of aromatic amines is 1. The van der Waals surface area contributed by atoms with E-state index in [4.69, 9.17) is 4.42 Å². The fourth-order valence-corrected chi connectivity index (χ4v) is 1.99. The van der Waals surface area contributed by atoms with Gasteiger partial charge in [0.1, 0.15) is 12.2 Å². The second-order valence-corrected chi connectivity index (χ2v) is 6.27. The van der Waals surface area contributed by atoms with E-state index in [1.807, 2.05) is 20.8 Å². The molecule has 0 atom stereocenters. The Bertz CT molecular complexity index is 811. The molecule has 0 aliphatic rings. The number of aromatic nitrogens is 6. The van der Waals surface area contributed by atoms with Crippen LogP contribution in [-0.2, 0) is 12.0 Å². The molecule has 3 aromatic rings. The van der Waals surface area contributed by atoms with Gasteiger partial charge in [0.2, 0.25) is 11.6 Å². The van der Waals surface area contributed by atoms with Crippen LogP contribution in [0.3, 0.4) is 0 Å². The van der Waals surface area contributed by atoms with Crippen LogP contribution >= 0.6 is 0 Å². The lowest BCUT2D eigenvalue weighted by atomic mass is 10.1. The van der Waals surface area contributed by atoms with Crippen LogP contribution in [0.15, 0.2) is 29.1 Å². The fourth-order valence-electron chi connectivity index (χ4n) is 1.99. The molecule has 3 aromatic heterocycles. The van der Waals surface area contributed by atoms with Gasteiger partial charge in [0.15, 0.2) is 5.76 Å². The quantitative estimate of drug-likeness (QED) is 0.731. The summed E-state index contributed by atoms with van der Waals surface area (Å²) in [5.41, 5.74) is -0.215. The van der Waals surface area contributed by atoms with E-state index in [1.165, 1.54) is 0 Å². The van der Waals surface area contributed by atoms with Crippen molar-refractivity contribution in [3.8, 4) is 11.6 Å². The smallest absolute Gasteiger partial charge is 0.290 e. The van der Waals surface area contributed by atoms with Crippen molar-refractivity contribution in [2.45, 2.75) is 32.7 Å². The van der Waals surface area contributed by atoms with Crippen LogP contribution in [0.4, 0.5) is 0 Å². The van der Waals surface area contributed by atoms with E-state index in [2.05, 4.69) is 30.6 Å². The van der Waals surface area contributed by atoms with Crippen molar-refractivity contribution in [1.82, 2.24) is 35.3 Å². The summed E-state index contributed by atoms with van der Waals surface area (Å²) in [5.74, 6) is 1.59. The predicted octanol–water partition coefficient (Wildman–Crippen LogP) is 1.38. The third-order valence-electron chi connectivity index (χ3n) is 3.30. The molecular formula is C15H19N7O2. The molecule has 0 aliphatic heterocycles.